The normalized spacial score (nSPS) is 18.3. The molecule has 1 atom stereocenters. The zero-order valence-electron chi connectivity index (χ0n) is 18.6. The van der Waals surface area contributed by atoms with Crippen LogP contribution in [0.2, 0.25) is 0 Å². The van der Waals surface area contributed by atoms with Crippen molar-refractivity contribution in [3.05, 3.63) is 65.7 Å². The van der Waals surface area contributed by atoms with Crippen molar-refractivity contribution in [2.45, 2.75) is 31.7 Å². The smallest absolute Gasteiger partial charge is 0.265 e. The topological polar surface area (TPSA) is 60.9 Å². The van der Waals surface area contributed by atoms with Gasteiger partial charge in [-0.3, -0.25) is 9.10 Å². The van der Waals surface area contributed by atoms with Crippen LogP contribution in [-0.2, 0) is 14.8 Å². The zero-order valence-corrected chi connectivity index (χ0v) is 19.4. The van der Waals surface area contributed by atoms with Crippen LogP contribution in [0.4, 0.5) is 11.4 Å². The van der Waals surface area contributed by atoms with Gasteiger partial charge in [-0.2, -0.15) is 0 Å². The molecule has 2 aliphatic rings. The minimum Gasteiger partial charge on any atom is -0.368 e. The summed E-state index contributed by atoms with van der Waals surface area (Å²) in [4.78, 5) is 17.8. The van der Waals surface area contributed by atoms with E-state index in [2.05, 4.69) is 36.9 Å². The minimum atomic E-state index is -3.77. The lowest BCUT2D eigenvalue weighted by molar-refractivity contribution is -0.132. The van der Waals surface area contributed by atoms with Gasteiger partial charge in [-0.1, -0.05) is 36.4 Å². The molecule has 1 amide bonds. The Kier molecular flexibility index (Phi) is 4.89. The van der Waals surface area contributed by atoms with Crippen LogP contribution in [0.5, 0.6) is 0 Å². The van der Waals surface area contributed by atoms with Crippen LogP contribution in [0.1, 0.15) is 18.1 Å². The van der Waals surface area contributed by atoms with E-state index in [4.69, 9.17) is 0 Å². The molecule has 5 rings (SSSR count). The maximum absolute atomic E-state index is 13.4. The predicted molar refractivity (Wildman–Crippen MR) is 128 cm³/mol. The van der Waals surface area contributed by atoms with Gasteiger partial charge < -0.3 is 9.80 Å². The highest BCUT2D eigenvalue weighted by Crippen LogP contribution is 2.43. The average molecular weight is 450 g/mol. The molecular weight excluding hydrogens is 422 g/mol. The molecule has 0 aliphatic carbocycles. The lowest BCUT2D eigenvalue weighted by Crippen LogP contribution is -2.55. The third-order valence-corrected chi connectivity index (χ3v) is 8.76. The number of hydrogen-bond donors (Lipinski definition) is 0. The average Bonchev–Trinajstić information content (AvgIpc) is 3.03. The van der Waals surface area contributed by atoms with Crippen molar-refractivity contribution in [3.63, 3.8) is 0 Å². The van der Waals surface area contributed by atoms with Crippen molar-refractivity contribution in [2.75, 3.05) is 35.4 Å². The van der Waals surface area contributed by atoms with Gasteiger partial charge >= 0.3 is 0 Å². The molecule has 0 bridgehead atoms. The summed E-state index contributed by atoms with van der Waals surface area (Å²) in [5.74, 6) is -0.154. The number of carbonyl (C=O) groups is 1. The molecule has 0 N–H and O–H groups in total. The van der Waals surface area contributed by atoms with E-state index in [1.165, 1.54) is 21.1 Å². The molecule has 0 spiro atoms. The SMILES string of the molecule is Cc1cccc(N2CCN(C(=O)[C@H](C)N3c4cccc5cccc(c45)S3(=O)=O)CC2)c1C. The predicted octanol–water partition coefficient (Wildman–Crippen LogP) is 3.70. The number of sulfonamides is 1. The van der Waals surface area contributed by atoms with Gasteiger partial charge in [0, 0.05) is 37.3 Å². The largest absolute Gasteiger partial charge is 0.368 e. The highest BCUT2D eigenvalue weighted by atomic mass is 32.2. The van der Waals surface area contributed by atoms with Gasteiger partial charge in [-0.25, -0.2) is 8.42 Å². The monoisotopic (exact) mass is 449 g/mol. The Morgan fingerprint density at radius 2 is 1.50 bits per heavy atom. The first-order valence-corrected chi connectivity index (χ1v) is 12.4. The summed E-state index contributed by atoms with van der Waals surface area (Å²) in [6, 6.07) is 16.3. The van der Waals surface area contributed by atoms with Crippen molar-refractivity contribution in [1.29, 1.82) is 0 Å². The minimum absolute atomic E-state index is 0.154. The number of amides is 1. The van der Waals surface area contributed by atoms with E-state index in [1.54, 1.807) is 30.0 Å². The number of rotatable bonds is 3. The zero-order chi connectivity index (χ0) is 22.6. The third-order valence-electron chi connectivity index (χ3n) is 6.84. The van der Waals surface area contributed by atoms with E-state index in [9.17, 15) is 13.2 Å². The molecule has 0 aromatic heterocycles. The highest BCUT2D eigenvalue weighted by Gasteiger charge is 2.42. The molecule has 6 nitrogen and oxygen atoms in total. The van der Waals surface area contributed by atoms with E-state index in [1.807, 2.05) is 18.2 Å². The van der Waals surface area contributed by atoms with Crippen LogP contribution in [0.15, 0.2) is 59.5 Å². The van der Waals surface area contributed by atoms with Gasteiger partial charge in [0.1, 0.15) is 6.04 Å². The first-order chi connectivity index (χ1) is 15.3. The van der Waals surface area contributed by atoms with E-state index < -0.39 is 16.1 Å². The summed E-state index contributed by atoms with van der Waals surface area (Å²) in [7, 11) is -3.77. The van der Waals surface area contributed by atoms with Crippen LogP contribution in [-0.4, -0.2) is 51.4 Å². The van der Waals surface area contributed by atoms with Gasteiger partial charge in [-0.05, 0) is 55.5 Å². The molecule has 3 aromatic carbocycles. The fourth-order valence-corrected chi connectivity index (χ4v) is 6.81. The Morgan fingerprint density at radius 1 is 0.875 bits per heavy atom. The molecule has 1 saturated heterocycles. The van der Waals surface area contributed by atoms with Crippen LogP contribution >= 0.6 is 0 Å². The van der Waals surface area contributed by atoms with E-state index in [0.717, 1.165) is 18.5 Å². The number of benzene rings is 3. The second kappa shape index (κ2) is 7.52. The van der Waals surface area contributed by atoms with Gasteiger partial charge in [0.25, 0.3) is 10.0 Å². The molecule has 3 aromatic rings. The fraction of sp³-hybridized carbons (Fsp3) is 0.320. The number of piperazine rings is 1. The Labute approximate surface area is 189 Å². The molecule has 166 valence electrons. The molecule has 2 heterocycles. The summed E-state index contributed by atoms with van der Waals surface area (Å²) in [6.07, 6.45) is 0. The quantitative estimate of drug-likeness (QED) is 0.612. The molecule has 0 unspecified atom stereocenters. The third kappa shape index (κ3) is 3.06. The fourth-order valence-electron chi connectivity index (χ4n) is 4.95. The Balaban J connectivity index is 1.37. The van der Waals surface area contributed by atoms with Crippen LogP contribution < -0.4 is 9.21 Å². The first-order valence-electron chi connectivity index (χ1n) is 11.0. The van der Waals surface area contributed by atoms with Gasteiger partial charge in [0.2, 0.25) is 5.91 Å². The summed E-state index contributed by atoms with van der Waals surface area (Å²) in [6.45, 7) is 8.53. The maximum Gasteiger partial charge on any atom is 0.265 e. The Morgan fingerprint density at radius 3 is 2.22 bits per heavy atom. The van der Waals surface area contributed by atoms with Gasteiger partial charge in [0.05, 0.1) is 10.6 Å². The van der Waals surface area contributed by atoms with Gasteiger partial charge in [-0.15, -0.1) is 0 Å². The lowest BCUT2D eigenvalue weighted by Gasteiger charge is -2.39. The summed E-state index contributed by atoms with van der Waals surface area (Å²) < 4.78 is 28.0. The highest BCUT2D eigenvalue weighted by molar-refractivity contribution is 7.93. The number of aryl methyl sites for hydroxylation is 1. The van der Waals surface area contributed by atoms with Crippen molar-refractivity contribution in [1.82, 2.24) is 4.90 Å². The molecule has 0 radical (unpaired) electrons. The number of hydrogen-bond acceptors (Lipinski definition) is 4. The van der Waals surface area contributed by atoms with Gasteiger partial charge in [0.15, 0.2) is 0 Å². The first kappa shape index (κ1) is 20.8. The van der Waals surface area contributed by atoms with Crippen LogP contribution in [0.25, 0.3) is 10.8 Å². The molecule has 1 fully saturated rings. The van der Waals surface area contributed by atoms with Crippen LogP contribution in [0, 0.1) is 13.8 Å². The number of carbonyl (C=O) groups excluding carboxylic acids is 1. The van der Waals surface area contributed by atoms with Crippen LogP contribution in [0.3, 0.4) is 0 Å². The Hall–Kier alpha value is -3.06. The molecule has 7 heteroatoms. The summed E-state index contributed by atoms with van der Waals surface area (Å²) >= 11 is 0. The summed E-state index contributed by atoms with van der Waals surface area (Å²) in [5, 5.41) is 1.57. The molecule has 32 heavy (non-hydrogen) atoms. The van der Waals surface area contributed by atoms with Crippen molar-refractivity contribution in [3.8, 4) is 0 Å². The van der Waals surface area contributed by atoms with E-state index >= 15 is 0 Å². The number of anilines is 2. The second-order valence-corrected chi connectivity index (χ2v) is 10.4. The lowest BCUT2D eigenvalue weighted by atomic mass is 10.1. The van der Waals surface area contributed by atoms with E-state index in [-0.39, 0.29) is 10.8 Å². The molecule has 2 aliphatic heterocycles. The second-order valence-electron chi connectivity index (χ2n) is 8.64. The Bertz CT molecular complexity index is 1320. The van der Waals surface area contributed by atoms with Crippen molar-refractivity contribution >= 4 is 38.1 Å². The summed E-state index contributed by atoms with van der Waals surface area (Å²) in [5.41, 5.74) is 4.31. The standard InChI is InChI=1S/C25H27N3O3S/c1-17-7-4-10-21(18(17)2)26-13-15-27(16-14-26)25(29)19(3)28-22-11-5-8-20-9-6-12-23(24(20)22)32(28,30)31/h4-12,19H,13-16H2,1-3H3/t19-/m0/s1. The van der Waals surface area contributed by atoms with Crippen molar-refractivity contribution < 1.29 is 13.2 Å². The van der Waals surface area contributed by atoms with E-state index in [0.29, 0.717) is 24.2 Å². The molecular formula is C25H27N3O3S. The maximum atomic E-state index is 13.4. The van der Waals surface area contributed by atoms with Crippen molar-refractivity contribution in [2.24, 2.45) is 0 Å². The number of nitrogens with zero attached hydrogens (tertiary/aromatic N) is 3. The molecule has 0 saturated carbocycles.